The number of carbonyl (C=O) groups excluding carboxylic acids is 1. The van der Waals surface area contributed by atoms with Crippen LogP contribution in [0.1, 0.15) is 16.1 Å². The Labute approximate surface area is 154 Å². The van der Waals surface area contributed by atoms with Crippen LogP contribution in [0.2, 0.25) is 0 Å². The highest BCUT2D eigenvalue weighted by atomic mass is 32.2. The SMILES string of the molecule is COC(=O)c1cc(-c2ccc(C)cc2)n(-c2ccc(SOON)cc2)n1. The van der Waals surface area contributed by atoms with Crippen molar-refractivity contribution in [3.63, 3.8) is 0 Å². The third kappa shape index (κ3) is 3.94. The van der Waals surface area contributed by atoms with E-state index in [2.05, 4.69) is 14.4 Å². The molecule has 0 aliphatic heterocycles. The second-order valence-corrected chi connectivity index (χ2v) is 6.20. The summed E-state index contributed by atoms with van der Waals surface area (Å²) in [5.41, 5.74) is 3.90. The number of methoxy groups -OCH3 is 1. The van der Waals surface area contributed by atoms with Crippen LogP contribution in [0, 0.1) is 6.92 Å². The highest BCUT2D eigenvalue weighted by molar-refractivity contribution is 7.94. The van der Waals surface area contributed by atoms with E-state index in [0.29, 0.717) is 0 Å². The van der Waals surface area contributed by atoms with Gasteiger partial charge in [-0.3, -0.25) is 0 Å². The van der Waals surface area contributed by atoms with Crippen molar-refractivity contribution >= 4 is 18.0 Å². The van der Waals surface area contributed by atoms with Gasteiger partial charge in [-0.2, -0.15) is 11.0 Å². The number of benzene rings is 2. The molecule has 0 atom stereocenters. The molecule has 7 nitrogen and oxygen atoms in total. The fraction of sp³-hybridized carbons (Fsp3) is 0.111. The number of aromatic nitrogens is 2. The van der Waals surface area contributed by atoms with Gasteiger partial charge in [0.1, 0.15) is 0 Å². The molecule has 0 saturated heterocycles. The lowest BCUT2D eigenvalue weighted by Gasteiger charge is -2.08. The van der Waals surface area contributed by atoms with Crippen LogP contribution in [0.3, 0.4) is 0 Å². The zero-order chi connectivity index (χ0) is 18.5. The van der Waals surface area contributed by atoms with Crippen LogP contribution in [0.5, 0.6) is 0 Å². The van der Waals surface area contributed by atoms with Crippen molar-refractivity contribution in [2.45, 2.75) is 11.8 Å². The van der Waals surface area contributed by atoms with E-state index in [0.717, 1.165) is 39.4 Å². The number of aryl methyl sites for hydroxylation is 1. The zero-order valence-electron chi connectivity index (χ0n) is 14.2. The van der Waals surface area contributed by atoms with Crippen molar-refractivity contribution < 1.29 is 18.9 Å². The van der Waals surface area contributed by atoms with Gasteiger partial charge in [-0.05, 0) is 37.3 Å². The summed E-state index contributed by atoms with van der Waals surface area (Å²) in [5.74, 6) is 4.35. The van der Waals surface area contributed by atoms with Gasteiger partial charge in [0, 0.05) is 10.5 Å². The minimum atomic E-state index is -0.488. The molecule has 0 saturated carbocycles. The number of hydrogen-bond donors (Lipinski definition) is 1. The third-order valence-corrected chi connectivity index (χ3v) is 4.31. The molecule has 0 spiro atoms. The van der Waals surface area contributed by atoms with Gasteiger partial charge in [0.2, 0.25) is 0 Å². The smallest absolute Gasteiger partial charge is 0.358 e. The van der Waals surface area contributed by atoms with E-state index in [4.69, 9.17) is 10.6 Å². The molecule has 0 aliphatic carbocycles. The van der Waals surface area contributed by atoms with E-state index in [1.165, 1.54) is 7.11 Å². The molecule has 0 radical (unpaired) electrons. The fourth-order valence-corrected chi connectivity index (χ4v) is 2.78. The first-order valence-electron chi connectivity index (χ1n) is 7.68. The molecule has 8 heteroatoms. The van der Waals surface area contributed by atoms with E-state index >= 15 is 0 Å². The summed E-state index contributed by atoms with van der Waals surface area (Å²) in [6, 6.07) is 17.1. The van der Waals surface area contributed by atoms with Crippen molar-refractivity contribution in [1.82, 2.24) is 9.78 Å². The number of esters is 1. The standard InChI is InChI=1S/C18H17N3O4S/c1-12-3-5-13(6-4-12)17-11-16(18(22)23-2)20-21(17)14-7-9-15(10-8-14)26-25-24-19/h3-11H,19H2,1-2H3. The van der Waals surface area contributed by atoms with Gasteiger partial charge in [0.25, 0.3) is 0 Å². The molecular weight excluding hydrogens is 354 g/mol. The number of rotatable bonds is 6. The predicted molar refractivity (Wildman–Crippen MR) is 97.3 cm³/mol. The lowest BCUT2D eigenvalue weighted by atomic mass is 10.1. The summed E-state index contributed by atoms with van der Waals surface area (Å²) in [4.78, 5) is 16.8. The Morgan fingerprint density at radius 2 is 1.81 bits per heavy atom. The van der Waals surface area contributed by atoms with Crippen molar-refractivity contribution in [3.05, 3.63) is 65.9 Å². The van der Waals surface area contributed by atoms with Crippen molar-refractivity contribution in [3.8, 4) is 16.9 Å². The molecule has 0 unspecified atom stereocenters. The molecule has 26 heavy (non-hydrogen) atoms. The van der Waals surface area contributed by atoms with Gasteiger partial charge in [0.15, 0.2) is 5.69 Å². The highest BCUT2D eigenvalue weighted by Crippen LogP contribution is 2.26. The summed E-state index contributed by atoms with van der Waals surface area (Å²) in [5, 5.41) is 4.40. The van der Waals surface area contributed by atoms with E-state index in [9.17, 15) is 4.79 Å². The quantitative estimate of drug-likeness (QED) is 0.307. The largest absolute Gasteiger partial charge is 0.464 e. The van der Waals surface area contributed by atoms with Crippen LogP contribution in [-0.4, -0.2) is 22.9 Å². The Morgan fingerprint density at radius 1 is 1.12 bits per heavy atom. The summed E-state index contributed by atoms with van der Waals surface area (Å²) in [6.45, 7) is 2.02. The molecule has 1 heterocycles. The normalized spacial score (nSPS) is 10.7. The Bertz CT molecular complexity index is 892. The fourth-order valence-electron chi connectivity index (χ4n) is 2.41. The first-order valence-corrected chi connectivity index (χ1v) is 8.42. The summed E-state index contributed by atoms with van der Waals surface area (Å²) >= 11 is 0.989. The van der Waals surface area contributed by atoms with E-state index in [1.807, 2.05) is 55.5 Å². The van der Waals surface area contributed by atoms with Crippen LogP contribution >= 0.6 is 12.0 Å². The average Bonchev–Trinajstić information content (AvgIpc) is 3.12. The first-order chi connectivity index (χ1) is 12.6. The van der Waals surface area contributed by atoms with Crippen molar-refractivity contribution in [1.29, 1.82) is 0 Å². The van der Waals surface area contributed by atoms with Gasteiger partial charge in [-0.15, -0.1) is 9.32 Å². The van der Waals surface area contributed by atoms with Gasteiger partial charge in [-0.25, -0.2) is 9.48 Å². The van der Waals surface area contributed by atoms with Crippen LogP contribution < -0.4 is 5.90 Å². The molecule has 0 amide bonds. The monoisotopic (exact) mass is 371 g/mol. The molecule has 3 rings (SSSR count). The van der Waals surface area contributed by atoms with Crippen LogP contribution in [0.15, 0.2) is 59.5 Å². The molecule has 3 aromatic rings. The van der Waals surface area contributed by atoms with Crippen LogP contribution in [-0.2, 0) is 14.1 Å². The molecule has 0 fully saturated rings. The van der Waals surface area contributed by atoms with Gasteiger partial charge in [-0.1, -0.05) is 29.8 Å². The Hall–Kier alpha value is -2.65. The van der Waals surface area contributed by atoms with Crippen LogP contribution in [0.25, 0.3) is 16.9 Å². The molecule has 1 aromatic heterocycles. The number of nitrogens with two attached hydrogens (primary N) is 1. The summed E-state index contributed by atoms with van der Waals surface area (Å²) < 4.78 is 11.1. The average molecular weight is 371 g/mol. The van der Waals surface area contributed by atoms with E-state index in [-0.39, 0.29) is 5.69 Å². The summed E-state index contributed by atoms with van der Waals surface area (Å²) in [6.07, 6.45) is 0. The summed E-state index contributed by atoms with van der Waals surface area (Å²) in [7, 11) is 1.33. The van der Waals surface area contributed by atoms with Gasteiger partial charge >= 0.3 is 5.97 Å². The third-order valence-electron chi connectivity index (χ3n) is 3.70. The Morgan fingerprint density at radius 3 is 2.42 bits per heavy atom. The van der Waals surface area contributed by atoms with Crippen molar-refractivity contribution in [2.24, 2.45) is 5.90 Å². The Kier molecular flexibility index (Phi) is 5.69. The van der Waals surface area contributed by atoms with Crippen molar-refractivity contribution in [2.75, 3.05) is 7.11 Å². The van der Waals surface area contributed by atoms with E-state index in [1.54, 1.807) is 10.7 Å². The van der Waals surface area contributed by atoms with Gasteiger partial charge < -0.3 is 4.74 Å². The number of hydrogen-bond acceptors (Lipinski definition) is 7. The predicted octanol–water partition coefficient (Wildman–Crippen LogP) is 3.46. The lowest BCUT2D eigenvalue weighted by molar-refractivity contribution is -0.195. The topological polar surface area (TPSA) is 88.6 Å². The maximum Gasteiger partial charge on any atom is 0.358 e. The maximum absolute atomic E-state index is 11.9. The second kappa shape index (κ2) is 8.15. The number of carbonyl (C=O) groups is 1. The number of ether oxygens (including phenoxy) is 1. The maximum atomic E-state index is 11.9. The lowest BCUT2D eigenvalue weighted by Crippen LogP contribution is -2.04. The minimum absolute atomic E-state index is 0.237. The molecule has 0 bridgehead atoms. The van der Waals surface area contributed by atoms with E-state index < -0.39 is 5.97 Å². The molecule has 134 valence electrons. The zero-order valence-corrected chi connectivity index (χ0v) is 15.0. The molecule has 0 aliphatic rings. The first kappa shape index (κ1) is 18.2. The van der Waals surface area contributed by atoms with Crippen LogP contribution in [0.4, 0.5) is 0 Å². The highest BCUT2D eigenvalue weighted by Gasteiger charge is 2.17. The minimum Gasteiger partial charge on any atom is -0.464 e. The molecule has 2 aromatic carbocycles. The molecular formula is C18H17N3O4S. The van der Waals surface area contributed by atoms with Gasteiger partial charge in [0.05, 0.1) is 30.5 Å². The number of nitrogens with zero attached hydrogens (tertiary/aromatic N) is 2. The Balaban J connectivity index is 2.02. The molecule has 2 N–H and O–H groups in total. The second-order valence-electron chi connectivity index (χ2n) is 5.43.